The van der Waals surface area contributed by atoms with Gasteiger partial charge < -0.3 is 0 Å². The fourth-order valence-corrected chi connectivity index (χ4v) is 39.3. The first kappa shape index (κ1) is 36.1. The van der Waals surface area contributed by atoms with Crippen LogP contribution in [0.15, 0.2) is 139 Å². The topological polar surface area (TPSA) is 0 Å². The van der Waals surface area contributed by atoms with Crippen LogP contribution in [0.4, 0.5) is 0 Å². The molecule has 0 radical (unpaired) electrons. The van der Waals surface area contributed by atoms with E-state index in [1.165, 1.54) is 91.6 Å². The summed E-state index contributed by atoms with van der Waals surface area (Å²) in [7, 11) is 17.3. The maximum absolute atomic E-state index is 9.08. The monoisotopic (exact) mass is 835 g/mol. The van der Waals surface area contributed by atoms with Crippen LogP contribution in [0.5, 0.6) is 0 Å². The molecule has 0 fully saturated rings. The summed E-state index contributed by atoms with van der Waals surface area (Å²) in [6.45, 7) is 13.8. The molecule has 0 saturated carbocycles. The Hall–Kier alpha value is -3.52. The van der Waals surface area contributed by atoms with Gasteiger partial charge in [0.05, 0.1) is 0 Å². The summed E-state index contributed by atoms with van der Waals surface area (Å²) in [6.07, 6.45) is 4.87. The quantitative estimate of drug-likeness (QED) is 0.140. The van der Waals surface area contributed by atoms with Gasteiger partial charge in [0, 0.05) is 0 Å². The van der Waals surface area contributed by atoms with Crippen LogP contribution in [0.1, 0.15) is 94.0 Å². The predicted molar refractivity (Wildman–Crippen MR) is 236 cm³/mol. The Morgan fingerprint density at radius 1 is 0.481 bits per heavy atom. The Labute approximate surface area is 332 Å². The summed E-state index contributed by atoms with van der Waals surface area (Å²) in [6, 6.07) is 47.5. The SMILES string of the molecule is CC1=Cc2c(-c3ccccc3C(C)C)cccc2[CH]1[Zr]([Cl])([Cl])([c]1cccc2c1[SiH2]c1ccccc1-2)[CH]1C(C)=Cc2c(-c3ccccc3C(C)C)cccc21. The van der Waals surface area contributed by atoms with E-state index in [4.69, 9.17) is 17.0 Å². The molecule has 269 valence electrons. The van der Waals surface area contributed by atoms with Crippen molar-refractivity contribution in [3.05, 3.63) is 172 Å². The third-order valence-corrected chi connectivity index (χ3v) is 35.9. The number of hydrogen-bond acceptors (Lipinski definition) is 0. The molecule has 3 aliphatic rings. The summed E-state index contributed by atoms with van der Waals surface area (Å²) < 4.78 is 1.09. The molecule has 0 nitrogen and oxygen atoms in total. The molecule has 0 spiro atoms. The number of rotatable bonds is 7. The zero-order valence-electron chi connectivity index (χ0n) is 32.1. The van der Waals surface area contributed by atoms with Gasteiger partial charge in [0.1, 0.15) is 0 Å². The number of benzene rings is 6. The Kier molecular flexibility index (Phi) is 8.91. The third kappa shape index (κ3) is 5.31. The van der Waals surface area contributed by atoms with E-state index >= 15 is 0 Å². The first-order valence-corrected chi connectivity index (χ1v) is 31.4. The molecule has 1 heterocycles. The fraction of sp³-hybridized carbons (Fsp3) is 0.200. The summed E-state index contributed by atoms with van der Waals surface area (Å²) in [5.74, 6) is 0.808. The van der Waals surface area contributed by atoms with Gasteiger partial charge in [-0.2, -0.15) is 0 Å². The van der Waals surface area contributed by atoms with Crippen LogP contribution >= 0.6 is 17.0 Å². The summed E-state index contributed by atoms with van der Waals surface area (Å²) in [4.78, 5) is 0. The first-order valence-electron chi connectivity index (χ1n) is 19.6. The van der Waals surface area contributed by atoms with Crippen LogP contribution < -0.4 is 13.6 Å². The summed E-state index contributed by atoms with van der Waals surface area (Å²) in [5.41, 5.74) is 18.3. The molecule has 54 heavy (non-hydrogen) atoms. The van der Waals surface area contributed by atoms with Gasteiger partial charge >= 0.3 is 335 Å². The molecule has 0 amide bonds. The van der Waals surface area contributed by atoms with Gasteiger partial charge in [-0.1, -0.05) is 0 Å². The zero-order valence-corrected chi connectivity index (χ0v) is 37.4. The molecule has 0 N–H and O–H groups in total. The Morgan fingerprint density at radius 2 is 0.907 bits per heavy atom. The van der Waals surface area contributed by atoms with E-state index in [2.05, 4.69) is 181 Å². The van der Waals surface area contributed by atoms with Crippen LogP contribution in [-0.2, 0) is 16.4 Å². The molecule has 0 bridgehead atoms. The number of fused-ring (bicyclic) bond motifs is 5. The van der Waals surface area contributed by atoms with Crippen molar-refractivity contribution in [1.29, 1.82) is 0 Å². The van der Waals surface area contributed by atoms with Crippen LogP contribution in [0.25, 0.3) is 45.5 Å². The molecule has 0 aromatic heterocycles. The predicted octanol–water partition coefficient (Wildman–Crippen LogP) is 12.3. The van der Waals surface area contributed by atoms with Crippen molar-refractivity contribution in [2.24, 2.45) is 0 Å². The summed E-state index contributed by atoms with van der Waals surface area (Å²) >= 11 is -5.48. The van der Waals surface area contributed by atoms with Crippen LogP contribution in [0, 0.1) is 0 Å². The molecule has 6 aromatic rings. The van der Waals surface area contributed by atoms with E-state index in [0.29, 0.717) is 11.8 Å². The van der Waals surface area contributed by atoms with Crippen molar-refractivity contribution in [2.75, 3.05) is 0 Å². The van der Waals surface area contributed by atoms with Gasteiger partial charge in [-0.05, 0) is 0 Å². The normalized spacial score (nSPS) is 18.2. The second-order valence-corrected chi connectivity index (χ2v) is 39.0. The first-order chi connectivity index (χ1) is 26.0. The molecule has 6 aromatic carbocycles. The number of halogens is 2. The second kappa shape index (κ2) is 13.3. The Bertz CT molecular complexity index is 2450. The van der Waals surface area contributed by atoms with E-state index in [1.54, 1.807) is 0 Å². The number of allylic oxidation sites excluding steroid dienone is 2. The van der Waals surface area contributed by atoms with Gasteiger partial charge in [-0.25, -0.2) is 0 Å². The molecule has 1 aliphatic heterocycles. The molecule has 0 saturated heterocycles. The average Bonchev–Trinajstić information content (AvgIpc) is 3.84. The van der Waals surface area contributed by atoms with Crippen molar-refractivity contribution >= 4 is 52.3 Å². The van der Waals surface area contributed by atoms with Crippen molar-refractivity contribution in [2.45, 2.75) is 60.6 Å². The van der Waals surface area contributed by atoms with E-state index in [1.807, 2.05) is 0 Å². The average molecular weight is 838 g/mol. The van der Waals surface area contributed by atoms with Gasteiger partial charge in [-0.15, -0.1) is 0 Å². The molecular formula is C50H47Cl2SiZr. The van der Waals surface area contributed by atoms with Gasteiger partial charge in [0.25, 0.3) is 0 Å². The molecule has 2 unspecified atom stereocenters. The van der Waals surface area contributed by atoms with Gasteiger partial charge in [0.15, 0.2) is 0 Å². The second-order valence-electron chi connectivity index (χ2n) is 16.6. The van der Waals surface area contributed by atoms with E-state index in [0.717, 1.165) is 0 Å². The fourth-order valence-electron chi connectivity index (χ4n) is 10.6. The third-order valence-electron chi connectivity index (χ3n) is 12.7. The Balaban J connectivity index is 1.33. The molecule has 2 aliphatic carbocycles. The van der Waals surface area contributed by atoms with Crippen LogP contribution in [0.3, 0.4) is 0 Å². The number of hydrogen-bond donors (Lipinski definition) is 0. The van der Waals surface area contributed by atoms with E-state index < -0.39 is 25.9 Å². The van der Waals surface area contributed by atoms with Crippen molar-refractivity contribution in [3.8, 4) is 33.4 Å². The molecule has 4 heteroatoms. The van der Waals surface area contributed by atoms with Crippen LogP contribution in [-0.4, -0.2) is 9.52 Å². The van der Waals surface area contributed by atoms with E-state index in [-0.39, 0.29) is 7.25 Å². The minimum atomic E-state index is -5.48. The van der Waals surface area contributed by atoms with Crippen molar-refractivity contribution < 1.29 is 16.4 Å². The minimum absolute atomic E-state index is 0.0916. The molecule has 2 atom stereocenters. The molecule has 9 rings (SSSR count). The zero-order chi connectivity index (χ0) is 37.5. The van der Waals surface area contributed by atoms with Gasteiger partial charge in [-0.3, -0.25) is 0 Å². The van der Waals surface area contributed by atoms with Crippen molar-refractivity contribution in [3.63, 3.8) is 0 Å². The van der Waals surface area contributed by atoms with E-state index in [9.17, 15) is 0 Å². The van der Waals surface area contributed by atoms with Gasteiger partial charge in [0.2, 0.25) is 0 Å². The molecular weight excluding hydrogens is 791 g/mol. The summed E-state index contributed by atoms with van der Waals surface area (Å²) in [5, 5.41) is 2.95. The maximum atomic E-state index is 9.08. The van der Waals surface area contributed by atoms with Crippen LogP contribution in [0.2, 0.25) is 0 Å². The standard InChI is InChI=1S/2C19H19.C12H9Si.2ClH.Zr/c2*1-13(2)16-8-4-5-9-17(16)18-10-6-7-15-11-14(3)12-19(15)18;1-3-7-11-9(5-1)10-6-2-4-8-12(10)13-11;;;/h2*4-13H,1-3H3;1-7H,13H2;2*1H;/q;;;;;+2/p-2. The Morgan fingerprint density at radius 3 is 1.43 bits per heavy atom. The van der Waals surface area contributed by atoms with Crippen molar-refractivity contribution in [1.82, 2.24) is 0 Å².